The molecular formula is C12H16N2O4S. The summed E-state index contributed by atoms with van der Waals surface area (Å²) in [5, 5.41) is 9.69. The third-order valence-electron chi connectivity index (χ3n) is 3.08. The zero-order valence-electron chi connectivity index (χ0n) is 10.9. The quantitative estimate of drug-likeness (QED) is 0.847. The molecule has 2 heterocycles. The molecule has 1 aromatic heterocycles. The summed E-state index contributed by atoms with van der Waals surface area (Å²) >= 11 is 1.15. The standard InChI is InChI=1S/C12H16N2O4S/c1-3-8-6-18-5-4-14(8)12-13-9(11(16)17)10(19-12)7(2)15/h8H,3-6H2,1-2H3,(H,16,17). The number of ether oxygens (including phenoxy) is 1. The van der Waals surface area contributed by atoms with E-state index in [0.717, 1.165) is 17.8 Å². The molecule has 0 bridgehead atoms. The van der Waals surface area contributed by atoms with Crippen LogP contribution in [0.25, 0.3) is 0 Å². The summed E-state index contributed by atoms with van der Waals surface area (Å²) < 4.78 is 5.41. The van der Waals surface area contributed by atoms with Gasteiger partial charge in [0.2, 0.25) is 0 Å². The number of nitrogens with zero attached hydrogens (tertiary/aromatic N) is 2. The maximum atomic E-state index is 11.5. The number of carboxylic acids is 1. The number of aromatic carboxylic acids is 1. The molecule has 0 aromatic carbocycles. The van der Waals surface area contributed by atoms with E-state index in [1.807, 2.05) is 11.8 Å². The van der Waals surface area contributed by atoms with Crippen LogP contribution in [-0.2, 0) is 4.74 Å². The molecule has 6 nitrogen and oxygen atoms in total. The van der Waals surface area contributed by atoms with Gasteiger partial charge in [-0.2, -0.15) is 0 Å². The first-order chi connectivity index (χ1) is 9.04. The predicted octanol–water partition coefficient (Wildman–Crippen LogP) is 1.66. The molecule has 1 saturated heterocycles. The van der Waals surface area contributed by atoms with Crippen LogP contribution in [0.4, 0.5) is 5.13 Å². The Morgan fingerprint density at radius 1 is 1.58 bits per heavy atom. The molecule has 104 valence electrons. The highest BCUT2D eigenvalue weighted by atomic mass is 32.1. The van der Waals surface area contributed by atoms with Gasteiger partial charge in [-0.05, 0) is 6.42 Å². The molecular weight excluding hydrogens is 268 g/mol. The van der Waals surface area contributed by atoms with Crippen LogP contribution in [0.5, 0.6) is 0 Å². The number of ketones is 1. The number of carbonyl (C=O) groups excluding carboxylic acids is 1. The first kappa shape index (κ1) is 14.0. The number of carboxylic acid groups (broad SMARTS) is 1. The zero-order valence-corrected chi connectivity index (χ0v) is 11.7. The minimum atomic E-state index is -1.16. The molecule has 1 atom stereocenters. The summed E-state index contributed by atoms with van der Waals surface area (Å²) in [5.74, 6) is -1.42. The van der Waals surface area contributed by atoms with Crippen LogP contribution in [-0.4, -0.2) is 47.6 Å². The number of anilines is 1. The van der Waals surface area contributed by atoms with Crippen LogP contribution in [0, 0.1) is 0 Å². The van der Waals surface area contributed by atoms with Gasteiger partial charge >= 0.3 is 5.97 Å². The molecule has 19 heavy (non-hydrogen) atoms. The Kier molecular flexibility index (Phi) is 4.16. The maximum Gasteiger partial charge on any atom is 0.356 e. The Labute approximate surface area is 115 Å². The Balaban J connectivity index is 2.36. The van der Waals surface area contributed by atoms with Gasteiger partial charge in [-0.25, -0.2) is 9.78 Å². The average Bonchev–Trinajstić information content (AvgIpc) is 2.84. The summed E-state index contributed by atoms with van der Waals surface area (Å²) in [5.41, 5.74) is -0.145. The second-order valence-corrected chi connectivity index (χ2v) is 5.34. The van der Waals surface area contributed by atoms with Crippen molar-refractivity contribution in [1.82, 2.24) is 4.98 Å². The van der Waals surface area contributed by atoms with Crippen molar-refractivity contribution in [2.24, 2.45) is 0 Å². The van der Waals surface area contributed by atoms with E-state index in [0.29, 0.717) is 24.9 Å². The van der Waals surface area contributed by atoms with E-state index in [4.69, 9.17) is 9.84 Å². The Morgan fingerprint density at radius 3 is 2.84 bits per heavy atom. The number of hydrogen-bond donors (Lipinski definition) is 1. The smallest absolute Gasteiger partial charge is 0.356 e. The number of rotatable bonds is 4. The van der Waals surface area contributed by atoms with Crippen molar-refractivity contribution >= 4 is 28.2 Å². The van der Waals surface area contributed by atoms with Gasteiger partial charge in [-0.15, -0.1) is 0 Å². The highest BCUT2D eigenvalue weighted by Gasteiger charge is 2.28. The van der Waals surface area contributed by atoms with Gasteiger partial charge in [-0.1, -0.05) is 18.3 Å². The van der Waals surface area contributed by atoms with Crippen LogP contribution >= 0.6 is 11.3 Å². The number of hydrogen-bond acceptors (Lipinski definition) is 6. The first-order valence-corrected chi connectivity index (χ1v) is 6.95. The van der Waals surface area contributed by atoms with Crippen LogP contribution in [0.1, 0.15) is 40.4 Å². The highest BCUT2D eigenvalue weighted by Crippen LogP contribution is 2.30. The SMILES string of the molecule is CCC1COCCN1c1nc(C(=O)O)c(C(C)=O)s1. The lowest BCUT2D eigenvalue weighted by Crippen LogP contribution is -2.45. The molecule has 0 amide bonds. The Bertz CT molecular complexity index is 468. The topological polar surface area (TPSA) is 79.7 Å². The summed E-state index contributed by atoms with van der Waals surface area (Å²) in [4.78, 5) is 29.0. The zero-order chi connectivity index (χ0) is 14.0. The molecule has 1 aliphatic heterocycles. The van der Waals surface area contributed by atoms with E-state index in [2.05, 4.69) is 4.98 Å². The van der Waals surface area contributed by atoms with E-state index >= 15 is 0 Å². The second-order valence-electron chi connectivity index (χ2n) is 4.37. The third kappa shape index (κ3) is 2.76. The lowest BCUT2D eigenvalue weighted by Gasteiger charge is -2.34. The van der Waals surface area contributed by atoms with E-state index < -0.39 is 5.97 Å². The maximum absolute atomic E-state index is 11.5. The number of thiazole rings is 1. The average molecular weight is 284 g/mol. The third-order valence-corrected chi connectivity index (χ3v) is 4.28. The lowest BCUT2D eigenvalue weighted by atomic mass is 10.2. The van der Waals surface area contributed by atoms with Gasteiger partial charge in [0, 0.05) is 13.5 Å². The summed E-state index contributed by atoms with van der Waals surface area (Å²) in [7, 11) is 0. The molecule has 7 heteroatoms. The Morgan fingerprint density at radius 2 is 2.32 bits per heavy atom. The van der Waals surface area contributed by atoms with Gasteiger partial charge in [0.25, 0.3) is 0 Å². The van der Waals surface area contributed by atoms with Crippen molar-refractivity contribution in [1.29, 1.82) is 0 Å². The molecule has 1 fully saturated rings. The van der Waals surface area contributed by atoms with Crippen molar-refractivity contribution in [2.75, 3.05) is 24.7 Å². The molecule has 1 unspecified atom stereocenters. The fourth-order valence-electron chi connectivity index (χ4n) is 2.06. The van der Waals surface area contributed by atoms with Crippen LogP contribution in [0.15, 0.2) is 0 Å². The summed E-state index contributed by atoms with van der Waals surface area (Å²) in [6, 6.07) is 0.182. The lowest BCUT2D eigenvalue weighted by molar-refractivity contribution is 0.0687. The molecule has 1 aliphatic rings. The van der Waals surface area contributed by atoms with Crippen LogP contribution in [0.2, 0.25) is 0 Å². The Hall–Kier alpha value is -1.47. The van der Waals surface area contributed by atoms with Gasteiger partial charge in [-0.3, -0.25) is 4.79 Å². The first-order valence-electron chi connectivity index (χ1n) is 6.14. The van der Waals surface area contributed by atoms with Gasteiger partial charge in [0.05, 0.1) is 19.3 Å². The summed E-state index contributed by atoms with van der Waals surface area (Å²) in [6.07, 6.45) is 0.886. The fraction of sp³-hybridized carbons (Fsp3) is 0.583. The van der Waals surface area contributed by atoms with E-state index in [1.54, 1.807) is 0 Å². The molecule has 0 saturated carbocycles. The van der Waals surface area contributed by atoms with Crippen molar-refractivity contribution in [3.8, 4) is 0 Å². The summed E-state index contributed by atoms with van der Waals surface area (Å²) in [6.45, 7) is 5.27. The fourth-order valence-corrected chi connectivity index (χ4v) is 3.11. The molecule has 1 N–H and O–H groups in total. The minimum absolute atomic E-state index is 0.145. The van der Waals surface area contributed by atoms with Crippen LogP contribution < -0.4 is 4.90 Å². The molecule has 1 aromatic rings. The number of aromatic nitrogens is 1. The monoisotopic (exact) mass is 284 g/mol. The van der Waals surface area contributed by atoms with E-state index in [9.17, 15) is 9.59 Å². The number of morpholine rings is 1. The van der Waals surface area contributed by atoms with Crippen LogP contribution in [0.3, 0.4) is 0 Å². The number of carbonyl (C=O) groups is 2. The van der Waals surface area contributed by atoms with Crippen molar-refractivity contribution in [2.45, 2.75) is 26.3 Å². The van der Waals surface area contributed by atoms with Crippen molar-refractivity contribution in [3.63, 3.8) is 0 Å². The van der Waals surface area contributed by atoms with E-state index in [-0.39, 0.29) is 22.4 Å². The van der Waals surface area contributed by atoms with Crippen molar-refractivity contribution < 1.29 is 19.4 Å². The van der Waals surface area contributed by atoms with Crippen molar-refractivity contribution in [3.05, 3.63) is 10.6 Å². The molecule has 0 aliphatic carbocycles. The predicted molar refractivity (Wildman–Crippen MR) is 71.3 cm³/mol. The highest BCUT2D eigenvalue weighted by molar-refractivity contribution is 7.17. The molecule has 2 rings (SSSR count). The van der Waals surface area contributed by atoms with Gasteiger partial charge in [0.1, 0.15) is 4.88 Å². The van der Waals surface area contributed by atoms with E-state index in [1.165, 1.54) is 6.92 Å². The number of Topliss-reactive ketones (excluding diaryl/α,β-unsaturated/α-hetero) is 1. The molecule has 0 radical (unpaired) electrons. The van der Waals surface area contributed by atoms with Gasteiger partial charge < -0.3 is 14.7 Å². The second kappa shape index (κ2) is 5.66. The van der Waals surface area contributed by atoms with Gasteiger partial charge in [0.15, 0.2) is 16.6 Å². The molecule has 0 spiro atoms. The minimum Gasteiger partial charge on any atom is -0.476 e. The largest absolute Gasteiger partial charge is 0.476 e. The normalized spacial score (nSPS) is 19.5.